The number of aliphatic carboxylic acids is 1. The second-order valence-corrected chi connectivity index (χ2v) is 6.89. The molecule has 3 aliphatic rings. The molecule has 3 rings (SSSR count). The quantitative estimate of drug-likeness (QED) is 0.786. The molecule has 1 aliphatic carbocycles. The molecule has 114 valence electrons. The predicted octanol–water partition coefficient (Wildman–Crippen LogP) is 0.881. The number of fused-ring (bicyclic) bond motifs is 1. The highest BCUT2D eigenvalue weighted by atomic mass is 16.4. The van der Waals surface area contributed by atoms with Crippen LogP contribution in [0.1, 0.15) is 44.9 Å². The van der Waals surface area contributed by atoms with Gasteiger partial charge in [-0.1, -0.05) is 0 Å². The van der Waals surface area contributed by atoms with E-state index in [4.69, 9.17) is 5.73 Å². The summed E-state index contributed by atoms with van der Waals surface area (Å²) in [6.45, 7) is 4.67. The standard InChI is InChI=1S/C15H27N3O2/c16-15(14(19)20)6-1-4-12(10-15)18-9-3-8-17-7-2-5-13(17)11-18/h12-13H,1-11,16H2,(H,19,20). The molecule has 0 radical (unpaired) electrons. The van der Waals surface area contributed by atoms with E-state index in [2.05, 4.69) is 9.80 Å². The van der Waals surface area contributed by atoms with Gasteiger partial charge >= 0.3 is 5.97 Å². The highest BCUT2D eigenvalue weighted by molar-refractivity contribution is 5.78. The summed E-state index contributed by atoms with van der Waals surface area (Å²) >= 11 is 0. The summed E-state index contributed by atoms with van der Waals surface area (Å²) in [6, 6.07) is 1.06. The van der Waals surface area contributed by atoms with Gasteiger partial charge in [0.25, 0.3) is 0 Å². The molecule has 2 aliphatic heterocycles. The summed E-state index contributed by atoms with van der Waals surface area (Å²) in [4.78, 5) is 16.6. The van der Waals surface area contributed by atoms with E-state index in [0.717, 1.165) is 25.9 Å². The fraction of sp³-hybridized carbons (Fsp3) is 0.933. The number of carbonyl (C=O) groups is 1. The van der Waals surface area contributed by atoms with E-state index in [0.29, 0.717) is 24.9 Å². The van der Waals surface area contributed by atoms with Crippen LogP contribution in [-0.4, -0.2) is 64.7 Å². The molecule has 20 heavy (non-hydrogen) atoms. The summed E-state index contributed by atoms with van der Waals surface area (Å²) in [7, 11) is 0. The van der Waals surface area contributed by atoms with Crippen LogP contribution in [-0.2, 0) is 4.79 Å². The van der Waals surface area contributed by atoms with Gasteiger partial charge in [-0.2, -0.15) is 0 Å². The first-order valence-electron chi connectivity index (χ1n) is 8.09. The molecule has 1 saturated carbocycles. The third-order valence-corrected chi connectivity index (χ3v) is 5.54. The number of rotatable bonds is 2. The molecule has 0 aromatic heterocycles. The molecular weight excluding hydrogens is 254 g/mol. The maximum Gasteiger partial charge on any atom is 0.323 e. The topological polar surface area (TPSA) is 69.8 Å². The van der Waals surface area contributed by atoms with E-state index in [1.54, 1.807) is 0 Å². The maximum atomic E-state index is 11.4. The highest BCUT2D eigenvalue weighted by Gasteiger charge is 2.42. The average molecular weight is 281 g/mol. The molecule has 3 N–H and O–H groups in total. The Morgan fingerprint density at radius 2 is 1.75 bits per heavy atom. The third-order valence-electron chi connectivity index (χ3n) is 5.54. The van der Waals surface area contributed by atoms with E-state index in [1.165, 1.54) is 32.4 Å². The molecule has 5 nitrogen and oxygen atoms in total. The zero-order valence-electron chi connectivity index (χ0n) is 12.3. The first kappa shape index (κ1) is 14.3. The fourth-order valence-electron chi connectivity index (χ4n) is 4.35. The van der Waals surface area contributed by atoms with Gasteiger partial charge < -0.3 is 10.8 Å². The van der Waals surface area contributed by atoms with Crippen molar-refractivity contribution in [3.05, 3.63) is 0 Å². The molecular formula is C15H27N3O2. The van der Waals surface area contributed by atoms with Crippen LogP contribution in [0, 0.1) is 0 Å². The molecule has 0 aromatic rings. The summed E-state index contributed by atoms with van der Waals surface area (Å²) in [6.07, 6.45) is 7.13. The van der Waals surface area contributed by atoms with Crippen molar-refractivity contribution in [2.24, 2.45) is 5.73 Å². The summed E-state index contributed by atoms with van der Waals surface area (Å²) in [5, 5.41) is 9.37. The van der Waals surface area contributed by atoms with Crippen LogP contribution >= 0.6 is 0 Å². The number of hydrogen-bond acceptors (Lipinski definition) is 4. The van der Waals surface area contributed by atoms with Crippen molar-refractivity contribution in [3.63, 3.8) is 0 Å². The van der Waals surface area contributed by atoms with Crippen LogP contribution in [0.25, 0.3) is 0 Å². The molecule has 5 heteroatoms. The minimum absolute atomic E-state index is 0.366. The molecule has 3 unspecified atom stereocenters. The molecule has 0 aromatic carbocycles. The van der Waals surface area contributed by atoms with Gasteiger partial charge in [-0.05, 0) is 64.6 Å². The van der Waals surface area contributed by atoms with E-state index in [9.17, 15) is 9.90 Å². The zero-order valence-corrected chi connectivity index (χ0v) is 12.3. The Hall–Kier alpha value is -0.650. The van der Waals surface area contributed by atoms with Crippen LogP contribution in [0.3, 0.4) is 0 Å². The van der Waals surface area contributed by atoms with Crippen LogP contribution < -0.4 is 5.73 Å². The Morgan fingerprint density at radius 3 is 2.55 bits per heavy atom. The van der Waals surface area contributed by atoms with Gasteiger partial charge in [0.2, 0.25) is 0 Å². The third kappa shape index (κ3) is 2.71. The van der Waals surface area contributed by atoms with Crippen molar-refractivity contribution in [2.75, 3.05) is 26.2 Å². The normalized spacial score (nSPS) is 40.2. The van der Waals surface area contributed by atoms with Crippen LogP contribution in [0.15, 0.2) is 0 Å². The predicted molar refractivity (Wildman–Crippen MR) is 77.6 cm³/mol. The lowest BCUT2D eigenvalue weighted by atomic mass is 9.79. The van der Waals surface area contributed by atoms with Crippen molar-refractivity contribution in [2.45, 2.75) is 62.6 Å². The van der Waals surface area contributed by atoms with E-state index in [-0.39, 0.29) is 0 Å². The summed E-state index contributed by atoms with van der Waals surface area (Å²) in [5.41, 5.74) is 5.11. The molecule has 0 spiro atoms. The molecule has 2 heterocycles. The largest absolute Gasteiger partial charge is 0.480 e. The Kier molecular flexibility index (Phi) is 4.02. The van der Waals surface area contributed by atoms with Crippen LogP contribution in [0.4, 0.5) is 0 Å². The van der Waals surface area contributed by atoms with Crippen LogP contribution in [0.2, 0.25) is 0 Å². The molecule has 0 bridgehead atoms. The van der Waals surface area contributed by atoms with E-state index >= 15 is 0 Å². The minimum Gasteiger partial charge on any atom is -0.480 e. The number of carboxylic acid groups (broad SMARTS) is 1. The van der Waals surface area contributed by atoms with Gasteiger partial charge in [0.15, 0.2) is 0 Å². The molecule has 3 atom stereocenters. The van der Waals surface area contributed by atoms with Gasteiger partial charge in [0.1, 0.15) is 5.54 Å². The molecule has 2 saturated heterocycles. The second-order valence-electron chi connectivity index (χ2n) is 6.89. The van der Waals surface area contributed by atoms with Crippen molar-refractivity contribution in [3.8, 4) is 0 Å². The fourth-order valence-corrected chi connectivity index (χ4v) is 4.35. The zero-order chi connectivity index (χ0) is 14.2. The maximum absolute atomic E-state index is 11.4. The smallest absolute Gasteiger partial charge is 0.323 e. The first-order valence-corrected chi connectivity index (χ1v) is 8.09. The van der Waals surface area contributed by atoms with E-state index < -0.39 is 11.5 Å². The second kappa shape index (κ2) is 5.62. The SMILES string of the molecule is NC1(C(=O)O)CCCC(N2CCCN3CCCC3C2)C1. The number of nitrogens with two attached hydrogens (primary N) is 1. The summed E-state index contributed by atoms with van der Waals surface area (Å²) in [5.74, 6) is -0.820. The minimum atomic E-state index is -0.995. The number of nitrogens with zero attached hydrogens (tertiary/aromatic N) is 2. The van der Waals surface area contributed by atoms with Gasteiger partial charge in [-0.3, -0.25) is 14.6 Å². The van der Waals surface area contributed by atoms with Gasteiger partial charge in [0.05, 0.1) is 0 Å². The Labute approximate surface area is 121 Å². The lowest BCUT2D eigenvalue weighted by molar-refractivity contribution is -0.145. The number of carboxylic acids is 1. The molecule has 3 fully saturated rings. The Balaban J connectivity index is 1.67. The van der Waals surface area contributed by atoms with Crippen molar-refractivity contribution in [1.29, 1.82) is 0 Å². The molecule has 0 amide bonds. The van der Waals surface area contributed by atoms with E-state index in [1.807, 2.05) is 0 Å². The first-order chi connectivity index (χ1) is 9.58. The monoisotopic (exact) mass is 281 g/mol. The highest BCUT2D eigenvalue weighted by Crippen LogP contribution is 2.32. The average Bonchev–Trinajstić information content (AvgIpc) is 2.76. The van der Waals surface area contributed by atoms with Crippen molar-refractivity contribution < 1.29 is 9.90 Å². The summed E-state index contributed by atoms with van der Waals surface area (Å²) < 4.78 is 0. The van der Waals surface area contributed by atoms with Gasteiger partial charge in [-0.25, -0.2) is 0 Å². The van der Waals surface area contributed by atoms with Gasteiger partial charge in [-0.15, -0.1) is 0 Å². The van der Waals surface area contributed by atoms with Crippen LogP contribution in [0.5, 0.6) is 0 Å². The van der Waals surface area contributed by atoms with Gasteiger partial charge in [0, 0.05) is 18.6 Å². The van der Waals surface area contributed by atoms with Crippen molar-refractivity contribution >= 4 is 5.97 Å². The Bertz CT molecular complexity index is 376. The lowest BCUT2D eigenvalue weighted by Gasteiger charge is -2.41. The van der Waals surface area contributed by atoms with Crippen molar-refractivity contribution in [1.82, 2.24) is 9.80 Å². The Morgan fingerprint density at radius 1 is 1.05 bits per heavy atom. The lowest BCUT2D eigenvalue weighted by Crippen LogP contribution is -2.56. The number of hydrogen-bond donors (Lipinski definition) is 2.